The molecule has 2 unspecified atom stereocenters. The van der Waals surface area contributed by atoms with Gasteiger partial charge in [0.05, 0.1) is 12.4 Å². The molecule has 2 atom stereocenters. The van der Waals surface area contributed by atoms with E-state index in [4.69, 9.17) is 0 Å². The van der Waals surface area contributed by atoms with Crippen LogP contribution in [0.3, 0.4) is 0 Å². The Hall–Kier alpha value is -0.170. The Morgan fingerprint density at radius 2 is 1.72 bits per heavy atom. The lowest BCUT2D eigenvalue weighted by molar-refractivity contribution is 0.00832. The summed E-state index contributed by atoms with van der Waals surface area (Å²) < 4.78 is 25.0. The lowest BCUT2D eigenvalue weighted by atomic mass is 9.90. The number of hydrogen-bond acceptors (Lipinski definition) is 4. The van der Waals surface area contributed by atoms with Gasteiger partial charge in [-0.2, -0.15) is 0 Å². The molecule has 2 fully saturated rings. The predicted octanol–water partition coefficient (Wildman–Crippen LogP) is 0.304. The number of nitrogens with zero attached hydrogens (tertiary/aromatic N) is 1. The molecule has 0 radical (unpaired) electrons. The standard InChI is InChI=1S/C12H24N2O3S/c1-18(16,17)13-10-6-8-14(9-7-10)11-4-2-3-5-12(11)15/h10-13,15H,2-9H2,1H3. The first kappa shape index (κ1) is 14.2. The summed E-state index contributed by atoms with van der Waals surface area (Å²) in [5.74, 6) is 0. The van der Waals surface area contributed by atoms with E-state index >= 15 is 0 Å². The molecule has 1 heterocycles. The second-order valence-electron chi connectivity index (χ2n) is 5.62. The van der Waals surface area contributed by atoms with Gasteiger partial charge in [0, 0.05) is 25.2 Å². The Kier molecular flexibility index (Phi) is 4.64. The van der Waals surface area contributed by atoms with E-state index in [0.717, 1.165) is 45.2 Å². The third-order valence-corrected chi connectivity index (χ3v) is 4.83. The van der Waals surface area contributed by atoms with Crippen molar-refractivity contribution in [2.24, 2.45) is 0 Å². The summed E-state index contributed by atoms with van der Waals surface area (Å²) in [6, 6.07) is 0.356. The molecule has 2 N–H and O–H groups in total. The van der Waals surface area contributed by atoms with Gasteiger partial charge in [-0.15, -0.1) is 0 Å². The largest absolute Gasteiger partial charge is 0.391 e. The van der Waals surface area contributed by atoms with Crippen LogP contribution in [0.1, 0.15) is 38.5 Å². The second kappa shape index (κ2) is 5.86. The number of nitrogens with one attached hydrogen (secondary N) is 1. The van der Waals surface area contributed by atoms with E-state index in [1.807, 2.05) is 0 Å². The van der Waals surface area contributed by atoms with Crippen molar-refractivity contribution < 1.29 is 13.5 Å². The third-order valence-electron chi connectivity index (χ3n) is 4.07. The molecule has 1 aliphatic heterocycles. The van der Waals surface area contributed by atoms with Crippen molar-refractivity contribution in [1.82, 2.24) is 9.62 Å². The van der Waals surface area contributed by atoms with Gasteiger partial charge in [-0.1, -0.05) is 12.8 Å². The van der Waals surface area contributed by atoms with Crippen LogP contribution in [0.2, 0.25) is 0 Å². The normalized spacial score (nSPS) is 32.6. The highest BCUT2D eigenvalue weighted by Crippen LogP contribution is 2.25. The van der Waals surface area contributed by atoms with Crippen molar-refractivity contribution in [2.75, 3.05) is 19.3 Å². The number of sulfonamides is 1. The first-order chi connectivity index (χ1) is 8.46. The Balaban J connectivity index is 1.82. The van der Waals surface area contributed by atoms with Crippen LogP contribution in [0.25, 0.3) is 0 Å². The summed E-state index contributed by atoms with van der Waals surface area (Å²) in [7, 11) is -3.09. The van der Waals surface area contributed by atoms with E-state index in [1.54, 1.807) is 0 Å². The molecule has 2 aliphatic rings. The Labute approximate surface area is 110 Å². The van der Waals surface area contributed by atoms with Crippen LogP contribution in [0.5, 0.6) is 0 Å². The zero-order chi connectivity index (χ0) is 13.2. The number of rotatable bonds is 3. The van der Waals surface area contributed by atoms with Crippen LogP contribution >= 0.6 is 0 Å². The van der Waals surface area contributed by atoms with Gasteiger partial charge in [0.1, 0.15) is 0 Å². The van der Waals surface area contributed by atoms with E-state index in [-0.39, 0.29) is 18.2 Å². The van der Waals surface area contributed by atoms with E-state index in [1.165, 1.54) is 12.7 Å². The molecule has 0 amide bonds. The monoisotopic (exact) mass is 276 g/mol. The third kappa shape index (κ3) is 3.91. The molecular weight excluding hydrogens is 252 g/mol. The molecule has 0 aromatic heterocycles. The van der Waals surface area contributed by atoms with Crippen molar-refractivity contribution in [2.45, 2.75) is 56.7 Å². The number of piperidine rings is 1. The minimum Gasteiger partial charge on any atom is -0.391 e. The number of aliphatic hydroxyl groups is 1. The van der Waals surface area contributed by atoms with Gasteiger partial charge in [0.2, 0.25) is 10.0 Å². The second-order valence-corrected chi connectivity index (χ2v) is 7.40. The van der Waals surface area contributed by atoms with Crippen molar-refractivity contribution >= 4 is 10.0 Å². The lowest BCUT2D eigenvalue weighted by Crippen LogP contribution is -2.52. The SMILES string of the molecule is CS(=O)(=O)NC1CCN(C2CCCCC2O)CC1. The topological polar surface area (TPSA) is 69.6 Å². The molecule has 5 nitrogen and oxygen atoms in total. The van der Waals surface area contributed by atoms with Crippen LogP contribution < -0.4 is 4.72 Å². The van der Waals surface area contributed by atoms with Crippen LogP contribution in [-0.4, -0.2) is 56.0 Å². The maximum atomic E-state index is 11.2. The van der Waals surface area contributed by atoms with E-state index in [2.05, 4.69) is 9.62 Å². The minimum absolute atomic E-state index is 0.0667. The fraction of sp³-hybridized carbons (Fsp3) is 1.00. The van der Waals surface area contributed by atoms with Crippen molar-refractivity contribution in [3.63, 3.8) is 0 Å². The molecule has 1 saturated carbocycles. The zero-order valence-corrected chi connectivity index (χ0v) is 11.8. The van der Waals surface area contributed by atoms with E-state index < -0.39 is 10.0 Å². The van der Waals surface area contributed by atoms with Gasteiger partial charge in [0.15, 0.2) is 0 Å². The summed E-state index contributed by atoms with van der Waals surface area (Å²) in [5.41, 5.74) is 0. The first-order valence-corrected chi connectivity index (χ1v) is 8.74. The first-order valence-electron chi connectivity index (χ1n) is 6.85. The molecule has 1 aliphatic carbocycles. The van der Waals surface area contributed by atoms with Gasteiger partial charge in [-0.25, -0.2) is 13.1 Å². The average molecular weight is 276 g/mol. The van der Waals surface area contributed by atoms with Crippen LogP contribution in [0.15, 0.2) is 0 Å². The summed E-state index contributed by atoms with van der Waals surface area (Å²) in [4.78, 5) is 2.34. The van der Waals surface area contributed by atoms with Gasteiger partial charge >= 0.3 is 0 Å². The minimum atomic E-state index is -3.09. The summed E-state index contributed by atoms with van der Waals surface area (Å²) in [6.07, 6.45) is 7.01. The van der Waals surface area contributed by atoms with Crippen molar-refractivity contribution in [3.05, 3.63) is 0 Å². The number of aliphatic hydroxyl groups excluding tert-OH is 1. The molecule has 6 heteroatoms. The highest BCUT2D eigenvalue weighted by molar-refractivity contribution is 7.88. The predicted molar refractivity (Wildman–Crippen MR) is 70.8 cm³/mol. The summed E-state index contributed by atoms with van der Waals surface area (Å²) >= 11 is 0. The molecule has 106 valence electrons. The van der Waals surface area contributed by atoms with Gasteiger partial charge in [-0.3, -0.25) is 4.90 Å². The molecule has 2 rings (SSSR count). The molecule has 1 saturated heterocycles. The van der Waals surface area contributed by atoms with Crippen LogP contribution in [-0.2, 0) is 10.0 Å². The molecule has 18 heavy (non-hydrogen) atoms. The van der Waals surface area contributed by atoms with Crippen LogP contribution in [0, 0.1) is 0 Å². The van der Waals surface area contributed by atoms with Crippen LogP contribution in [0.4, 0.5) is 0 Å². The van der Waals surface area contributed by atoms with Crippen molar-refractivity contribution in [3.8, 4) is 0 Å². The maximum Gasteiger partial charge on any atom is 0.208 e. The van der Waals surface area contributed by atoms with Gasteiger partial charge in [0.25, 0.3) is 0 Å². The number of likely N-dealkylation sites (tertiary alicyclic amines) is 1. The average Bonchev–Trinajstić information content (AvgIpc) is 2.29. The summed E-state index contributed by atoms with van der Waals surface area (Å²) in [6.45, 7) is 1.77. The lowest BCUT2D eigenvalue weighted by Gasteiger charge is -2.41. The molecular formula is C12H24N2O3S. The fourth-order valence-electron chi connectivity index (χ4n) is 3.17. The Morgan fingerprint density at radius 1 is 1.11 bits per heavy atom. The smallest absolute Gasteiger partial charge is 0.208 e. The molecule has 0 spiro atoms. The van der Waals surface area contributed by atoms with E-state index in [9.17, 15) is 13.5 Å². The Morgan fingerprint density at radius 3 is 2.28 bits per heavy atom. The maximum absolute atomic E-state index is 11.2. The summed E-state index contributed by atoms with van der Waals surface area (Å²) in [5, 5.41) is 10.0. The van der Waals surface area contributed by atoms with Crippen molar-refractivity contribution in [1.29, 1.82) is 0 Å². The van der Waals surface area contributed by atoms with E-state index in [0.29, 0.717) is 0 Å². The van der Waals surface area contributed by atoms with Gasteiger partial charge in [-0.05, 0) is 25.7 Å². The quantitative estimate of drug-likeness (QED) is 0.778. The zero-order valence-electron chi connectivity index (χ0n) is 11.0. The molecule has 0 aromatic rings. The van der Waals surface area contributed by atoms with Gasteiger partial charge < -0.3 is 5.11 Å². The Bertz CT molecular complexity index is 364. The number of hydrogen-bond donors (Lipinski definition) is 2. The highest BCUT2D eigenvalue weighted by atomic mass is 32.2. The molecule has 0 aromatic carbocycles. The molecule has 0 bridgehead atoms. The fourth-order valence-corrected chi connectivity index (χ4v) is 4.01. The highest BCUT2D eigenvalue weighted by Gasteiger charge is 2.31.